The van der Waals surface area contributed by atoms with E-state index in [-0.39, 0.29) is 0 Å². The molecule has 1 saturated carbocycles. The maximum absolute atomic E-state index is 3.96. The van der Waals surface area contributed by atoms with Gasteiger partial charge in [0, 0.05) is 36.0 Å². The third kappa shape index (κ3) is 3.97. The van der Waals surface area contributed by atoms with Crippen molar-refractivity contribution in [2.24, 2.45) is 0 Å². The average Bonchev–Trinajstić information content (AvgIpc) is 2.54. The quantitative estimate of drug-likeness (QED) is 0.787. The highest BCUT2D eigenvalue weighted by molar-refractivity contribution is 8.00. The number of rotatable bonds is 6. The molecule has 1 aliphatic heterocycles. The van der Waals surface area contributed by atoms with Crippen molar-refractivity contribution >= 4 is 11.8 Å². The molecule has 3 heteroatoms. The van der Waals surface area contributed by atoms with Crippen LogP contribution in [0.15, 0.2) is 0 Å². The van der Waals surface area contributed by atoms with Crippen LogP contribution in [0.5, 0.6) is 0 Å². The van der Waals surface area contributed by atoms with E-state index in [0.717, 1.165) is 6.04 Å². The molecule has 0 aromatic carbocycles. The van der Waals surface area contributed by atoms with E-state index >= 15 is 0 Å². The molecule has 0 radical (unpaired) electrons. The SMILES string of the molecule is CCC1CNC2(CCCCC2)CN1CC(CC)(CC)SC. The Labute approximate surface area is 136 Å². The zero-order valence-electron chi connectivity index (χ0n) is 14.7. The van der Waals surface area contributed by atoms with Gasteiger partial charge < -0.3 is 5.32 Å². The molecule has 1 spiro atoms. The molecular weight excluding hydrogens is 276 g/mol. The van der Waals surface area contributed by atoms with Crippen LogP contribution in [0.25, 0.3) is 0 Å². The lowest BCUT2D eigenvalue weighted by Crippen LogP contribution is -2.66. The molecule has 0 aromatic heterocycles. The Hall–Kier alpha value is 0.270. The summed E-state index contributed by atoms with van der Waals surface area (Å²) >= 11 is 2.10. The van der Waals surface area contributed by atoms with Gasteiger partial charge in [-0.05, 0) is 38.4 Å². The molecule has 1 aliphatic carbocycles. The third-order valence-electron chi connectivity index (χ3n) is 6.23. The molecule has 124 valence electrons. The molecular formula is C18H36N2S. The van der Waals surface area contributed by atoms with Gasteiger partial charge in [-0.2, -0.15) is 11.8 Å². The third-order valence-corrected chi connectivity index (χ3v) is 7.80. The first-order chi connectivity index (χ1) is 10.1. The van der Waals surface area contributed by atoms with Crippen LogP contribution < -0.4 is 5.32 Å². The van der Waals surface area contributed by atoms with Gasteiger partial charge >= 0.3 is 0 Å². The van der Waals surface area contributed by atoms with Gasteiger partial charge in [0.15, 0.2) is 0 Å². The molecule has 1 unspecified atom stereocenters. The minimum absolute atomic E-state index is 0.440. The Bertz CT molecular complexity index is 300. The van der Waals surface area contributed by atoms with Gasteiger partial charge in [0.05, 0.1) is 0 Å². The summed E-state index contributed by atoms with van der Waals surface area (Å²) in [6, 6.07) is 0.738. The summed E-state index contributed by atoms with van der Waals surface area (Å²) in [5, 5.41) is 3.96. The summed E-state index contributed by atoms with van der Waals surface area (Å²) < 4.78 is 0.459. The largest absolute Gasteiger partial charge is 0.308 e. The van der Waals surface area contributed by atoms with Crippen LogP contribution in [0.3, 0.4) is 0 Å². The summed E-state index contributed by atoms with van der Waals surface area (Å²) in [4.78, 5) is 2.85. The minimum Gasteiger partial charge on any atom is -0.308 e. The van der Waals surface area contributed by atoms with Gasteiger partial charge in [-0.25, -0.2) is 0 Å². The highest BCUT2D eigenvalue weighted by Crippen LogP contribution is 2.36. The summed E-state index contributed by atoms with van der Waals surface area (Å²) in [6.45, 7) is 10.9. The first-order valence-corrected chi connectivity index (χ1v) is 10.4. The Balaban J connectivity index is 2.09. The normalized spacial score (nSPS) is 27.1. The highest BCUT2D eigenvalue weighted by Gasteiger charge is 2.41. The summed E-state index contributed by atoms with van der Waals surface area (Å²) in [5.74, 6) is 0. The molecule has 0 aromatic rings. The molecule has 2 rings (SSSR count). The van der Waals surface area contributed by atoms with E-state index < -0.39 is 0 Å². The van der Waals surface area contributed by atoms with Crippen LogP contribution >= 0.6 is 11.8 Å². The van der Waals surface area contributed by atoms with Crippen LogP contribution in [0.2, 0.25) is 0 Å². The van der Waals surface area contributed by atoms with Crippen LogP contribution in [0.4, 0.5) is 0 Å². The Morgan fingerprint density at radius 2 is 1.81 bits per heavy atom. The van der Waals surface area contributed by atoms with E-state index in [1.54, 1.807) is 0 Å². The lowest BCUT2D eigenvalue weighted by atomic mass is 9.79. The number of hydrogen-bond donors (Lipinski definition) is 1. The number of nitrogens with one attached hydrogen (secondary N) is 1. The van der Waals surface area contributed by atoms with Crippen LogP contribution in [-0.2, 0) is 0 Å². The van der Waals surface area contributed by atoms with Crippen LogP contribution in [0, 0.1) is 0 Å². The van der Waals surface area contributed by atoms with Crippen molar-refractivity contribution < 1.29 is 0 Å². The average molecular weight is 313 g/mol. The molecule has 0 bridgehead atoms. The maximum Gasteiger partial charge on any atom is 0.0309 e. The summed E-state index contributed by atoms with van der Waals surface area (Å²) in [7, 11) is 0. The Morgan fingerprint density at radius 3 is 2.33 bits per heavy atom. The second kappa shape index (κ2) is 7.70. The molecule has 1 atom stereocenters. The standard InChI is InChI=1S/C18H36N2S/c1-5-16-13-19-17(11-9-8-10-12-17)14-20(16)15-18(6-2,7-3)21-4/h16,19H,5-15H2,1-4H3. The second-order valence-corrected chi connectivity index (χ2v) is 8.56. The van der Waals surface area contributed by atoms with E-state index in [1.165, 1.54) is 71.0 Å². The van der Waals surface area contributed by atoms with E-state index in [2.05, 4.69) is 49.0 Å². The number of thioether (sulfide) groups is 1. The minimum atomic E-state index is 0.440. The maximum atomic E-state index is 3.96. The smallest absolute Gasteiger partial charge is 0.0309 e. The van der Waals surface area contributed by atoms with Crippen molar-refractivity contribution in [3.63, 3.8) is 0 Å². The molecule has 2 fully saturated rings. The fraction of sp³-hybridized carbons (Fsp3) is 1.00. The number of nitrogens with zero attached hydrogens (tertiary/aromatic N) is 1. The molecule has 2 nitrogen and oxygen atoms in total. The number of hydrogen-bond acceptors (Lipinski definition) is 3. The predicted octanol–water partition coefficient (Wildman–Crippen LogP) is 4.29. The lowest BCUT2D eigenvalue weighted by molar-refractivity contribution is 0.0460. The molecule has 2 aliphatic rings. The molecule has 21 heavy (non-hydrogen) atoms. The topological polar surface area (TPSA) is 15.3 Å². The first kappa shape index (κ1) is 17.6. The van der Waals surface area contributed by atoms with Gasteiger partial charge in [-0.3, -0.25) is 4.90 Å². The van der Waals surface area contributed by atoms with Crippen molar-refractivity contribution in [3.8, 4) is 0 Å². The second-order valence-electron chi connectivity index (χ2n) is 7.28. The van der Waals surface area contributed by atoms with Gasteiger partial charge in [-0.15, -0.1) is 0 Å². The molecule has 0 amide bonds. The van der Waals surface area contributed by atoms with Gasteiger partial charge in [0.2, 0.25) is 0 Å². The monoisotopic (exact) mass is 312 g/mol. The predicted molar refractivity (Wildman–Crippen MR) is 96.3 cm³/mol. The fourth-order valence-corrected chi connectivity index (χ4v) is 5.26. The van der Waals surface area contributed by atoms with E-state index in [9.17, 15) is 0 Å². The van der Waals surface area contributed by atoms with Crippen LogP contribution in [-0.4, -0.2) is 47.1 Å². The van der Waals surface area contributed by atoms with Gasteiger partial charge in [-0.1, -0.05) is 40.0 Å². The Kier molecular flexibility index (Phi) is 6.46. The van der Waals surface area contributed by atoms with Gasteiger partial charge in [0.1, 0.15) is 0 Å². The van der Waals surface area contributed by atoms with E-state index in [0.29, 0.717) is 10.3 Å². The van der Waals surface area contributed by atoms with Crippen molar-refractivity contribution in [1.82, 2.24) is 10.2 Å². The highest BCUT2D eigenvalue weighted by atomic mass is 32.2. The van der Waals surface area contributed by atoms with Crippen molar-refractivity contribution in [1.29, 1.82) is 0 Å². The van der Waals surface area contributed by atoms with Gasteiger partial charge in [0.25, 0.3) is 0 Å². The van der Waals surface area contributed by atoms with Crippen molar-refractivity contribution in [2.45, 2.75) is 88.5 Å². The zero-order valence-corrected chi connectivity index (χ0v) is 15.5. The number of piperazine rings is 1. The zero-order chi connectivity index (χ0) is 15.3. The van der Waals surface area contributed by atoms with E-state index in [4.69, 9.17) is 0 Å². The van der Waals surface area contributed by atoms with Crippen LogP contribution in [0.1, 0.15) is 72.1 Å². The Morgan fingerprint density at radius 1 is 1.14 bits per heavy atom. The van der Waals surface area contributed by atoms with Crippen molar-refractivity contribution in [2.75, 3.05) is 25.9 Å². The lowest BCUT2D eigenvalue weighted by Gasteiger charge is -2.52. The summed E-state index contributed by atoms with van der Waals surface area (Å²) in [5.41, 5.74) is 0.440. The first-order valence-electron chi connectivity index (χ1n) is 9.17. The fourth-order valence-electron chi connectivity index (χ4n) is 4.39. The van der Waals surface area contributed by atoms with E-state index in [1.807, 2.05) is 0 Å². The molecule has 1 saturated heterocycles. The molecule has 1 heterocycles. The summed E-state index contributed by atoms with van der Waals surface area (Å²) in [6.07, 6.45) is 13.2. The van der Waals surface area contributed by atoms with Crippen molar-refractivity contribution in [3.05, 3.63) is 0 Å². The molecule has 1 N–H and O–H groups in total.